The van der Waals surface area contributed by atoms with Crippen molar-refractivity contribution < 1.29 is 270 Å². The average Bonchev–Trinajstić information content (AvgIpc) is 1.21. The van der Waals surface area contributed by atoms with E-state index < -0.39 is 130 Å². The van der Waals surface area contributed by atoms with Crippen LogP contribution in [0.4, 0.5) is 61.7 Å². The first-order chi connectivity index (χ1) is 38.1. The minimum atomic E-state index is -5.56. The number of carbonyl (C=O) groups is 1. The quantitative estimate of drug-likeness (QED) is 0.0396. The summed E-state index contributed by atoms with van der Waals surface area (Å²) in [5, 5.41) is 55.6. The van der Waals surface area contributed by atoms with Crippen LogP contribution in [0.1, 0.15) is 0 Å². The maximum Gasteiger partial charge on any atom is 1.00 e. The van der Waals surface area contributed by atoms with E-state index in [1.165, 1.54) is 0 Å². The van der Waals surface area contributed by atoms with Crippen LogP contribution in [0.25, 0.3) is 21.5 Å². The molecule has 0 aliphatic carbocycles. The molecular formula is C45H26N10Na6O21S6. The van der Waals surface area contributed by atoms with Gasteiger partial charge in [0.1, 0.15) is 89.2 Å². The number of hydrogen-bond acceptors (Lipinski definition) is 29. The number of rotatable bonds is 16. The molecule has 0 bridgehead atoms. The van der Waals surface area contributed by atoms with E-state index in [1.807, 2.05) is 0 Å². The fourth-order valence-electron chi connectivity index (χ4n) is 7.22. The van der Waals surface area contributed by atoms with Crippen LogP contribution in [0, 0.1) is 0 Å². The molecule has 0 aromatic heterocycles. The molecule has 8 rings (SSSR count). The third kappa shape index (κ3) is 20.8. The molecule has 31 nitrogen and oxygen atoms in total. The number of urea groups is 1. The van der Waals surface area contributed by atoms with Crippen molar-refractivity contribution in [3.05, 3.63) is 133 Å². The summed E-state index contributed by atoms with van der Waals surface area (Å²) in [6, 6.07) is 20.2. The van der Waals surface area contributed by atoms with Crippen molar-refractivity contribution in [2.45, 2.75) is 29.4 Å². The third-order valence-corrected chi connectivity index (χ3v) is 16.0. The Kier molecular flexibility index (Phi) is 29.7. The number of carbonyl (C=O) groups excluding carboxylic acids is 1. The third-order valence-electron chi connectivity index (χ3n) is 10.9. The van der Waals surface area contributed by atoms with Gasteiger partial charge in [0.2, 0.25) is 0 Å². The second-order valence-corrected chi connectivity index (χ2v) is 24.6. The zero-order chi connectivity index (χ0) is 59.9. The summed E-state index contributed by atoms with van der Waals surface area (Å²) >= 11 is 0. The van der Waals surface area contributed by atoms with E-state index >= 15 is 0 Å². The van der Waals surface area contributed by atoms with Crippen molar-refractivity contribution in [3.63, 3.8) is 0 Å². The first-order valence-corrected chi connectivity index (χ1v) is 30.2. The minimum absolute atomic E-state index is 0. The van der Waals surface area contributed by atoms with E-state index in [4.69, 9.17) is 0 Å². The molecule has 0 saturated carbocycles. The van der Waals surface area contributed by atoms with Crippen molar-refractivity contribution in [2.24, 2.45) is 40.9 Å². The largest absolute Gasteiger partial charge is 1.00 e. The van der Waals surface area contributed by atoms with Crippen LogP contribution in [0.15, 0.2) is 204 Å². The molecule has 424 valence electrons. The maximum absolute atomic E-state index is 13.2. The molecule has 0 atom stereocenters. The van der Waals surface area contributed by atoms with Gasteiger partial charge in [0.05, 0.1) is 52.1 Å². The van der Waals surface area contributed by atoms with Gasteiger partial charge in [-0.05, 0) is 138 Å². The van der Waals surface area contributed by atoms with Crippen LogP contribution < -0.4 is 188 Å². The average molecular weight is 1370 g/mol. The summed E-state index contributed by atoms with van der Waals surface area (Å²) in [5.74, 6) is -1.67. The molecule has 0 heterocycles. The van der Waals surface area contributed by atoms with E-state index in [2.05, 4.69) is 51.5 Å². The van der Waals surface area contributed by atoms with E-state index in [0.717, 1.165) is 121 Å². The Morgan fingerprint density at radius 3 is 1.15 bits per heavy atom. The van der Waals surface area contributed by atoms with Gasteiger partial charge < -0.3 is 48.2 Å². The van der Waals surface area contributed by atoms with Crippen LogP contribution >= 0.6 is 0 Å². The molecule has 8 aromatic rings. The Bertz CT molecular complexity index is 4870. The molecule has 88 heavy (non-hydrogen) atoms. The van der Waals surface area contributed by atoms with Gasteiger partial charge in [-0.15, -0.1) is 20.5 Å². The summed E-state index contributed by atoms with van der Waals surface area (Å²) in [6.45, 7) is 0. The molecule has 0 unspecified atom stereocenters. The van der Waals surface area contributed by atoms with E-state index in [9.17, 15) is 92.8 Å². The molecule has 0 aliphatic heterocycles. The molecule has 8 aromatic carbocycles. The number of azo groups is 4. The monoisotopic (exact) mass is 1370 g/mol. The number of hydrogen-bond donors (Lipinski definition) is 4. The standard InChI is InChI=1S/C45H32N10O21S6.6Na/c56-38-19-30(16-24-17-39(79(65,66)67)37(22-34(24)38)54-52-35-13-6-28(20-40(35)80(68,69)70)50-48-25-1-8-31(9-2-25)77(59,60)61)47-45(58)46-27-5-12-33-23(15-27)18-42(82(74,75)76)43(44(33)57)55-53-36-14-7-29(21-41(36)81(71,72)73)51-49-26-3-10-32(11-4-26)78(62,63)64;;;;;;/h1-22,56-57H,(H2,46,47,58)(H,59,60,61)(H,62,63,64)(H,65,66,67)(H,68,69,70)(H,71,72,73)(H,74,75,76);;;;;;/q;6*+1/p-6. The Hall–Kier alpha value is -2.99. The van der Waals surface area contributed by atoms with Gasteiger partial charge in [0.15, 0.2) is 5.75 Å². The Morgan fingerprint density at radius 1 is 0.341 bits per heavy atom. The van der Waals surface area contributed by atoms with E-state index in [0.29, 0.717) is 12.1 Å². The van der Waals surface area contributed by atoms with Crippen LogP contribution in [0.3, 0.4) is 0 Å². The Labute approximate surface area is 631 Å². The predicted molar refractivity (Wildman–Crippen MR) is 274 cm³/mol. The fraction of sp³-hybridized carbons (Fsp3) is 0. The second-order valence-electron chi connectivity index (χ2n) is 16.4. The number of benzene rings is 8. The summed E-state index contributed by atoms with van der Waals surface area (Å²) in [7, 11) is -31.4. The molecule has 2 amide bonds. The maximum atomic E-state index is 13.2. The summed E-state index contributed by atoms with van der Waals surface area (Å²) in [6.07, 6.45) is 0. The number of nitrogens with one attached hydrogen (secondary N) is 2. The van der Waals surface area contributed by atoms with Crippen molar-refractivity contribution in [2.75, 3.05) is 10.6 Å². The molecule has 0 saturated heterocycles. The molecule has 0 radical (unpaired) electrons. The normalized spacial score (nSPS) is 12.2. The van der Waals surface area contributed by atoms with Crippen LogP contribution in [0.5, 0.6) is 11.5 Å². The van der Waals surface area contributed by atoms with Crippen molar-refractivity contribution in [3.8, 4) is 11.5 Å². The molecule has 43 heteroatoms. The first kappa shape index (κ1) is 81.1. The Morgan fingerprint density at radius 2 is 0.705 bits per heavy atom. The predicted octanol–water partition coefficient (Wildman–Crippen LogP) is -9.84. The molecule has 0 fully saturated rings. The summed E-state index contributed by atoms with van der Waals surface area (Å²) < 4.78 is 216. The van der Waals surface area contributed by atoms with Crippen molar-refractivity contribution >= 4 is 145 Å². The van der Waals surface area contributed by atoms with E-state index in [-0.39, 0.29) is 233 Å². The smallest absolute Gasteiger partial charge is 0.744 e. The number of anilines is 2. The van der Waals surface area contributed by atoms with Crippen LogP contribution in [-0.4, -0.2) is 94.1 Å². The van der Waals surface area contributed by atoms with Crippen molar-refractivity contribution in [1.82, 2.24) is 0 Å². The number of aromatic hydroxyl groups is 2. The number of fused-ring (bicyclic) bond motifs is 2. The van der Waals surface area contributed by atoms with Gasteiger partial charge in [0, 0.05) is 28.2 Å². The summed E-state index contributed by atoms with van der Waals surface area (Å²) in [5.41, 5.74) is -4.08. The SMILES string of the molecule is O=C(Nc1cc(O)c2cc(N=Nc3ccc(N=Nc4ccc(S(=O)(=O)[O-])cc4)cc3S(=O)(=O)[O-])c(S(=O)(=O)[O-])cc2c1)Nc1ccc2c(O)c(N=Nc3ccc(N=Nc4ccc(S(=O)(=O)[O-])cc4)cc3S(=O)(=O)[O-])c(S(=O)(=O)[O-])cc2c1.[Na+].[Na+].[Na+].[Na+].[Na+].[Na+]. The molecule has 0 aliphatic rings. The Balaban J connectivity index is 0.00000440. The fourth-order valence-corrected chi connectivity index (χ4v) is 10.7. The van der Waals surface area contributed by atoms with Gasteiger partial charge in [0.25, 0.3) is 0 Å². The van der Waals surface area contributed by atoms with Gasteiger partial charge in [-0.3, -0.25) is 0 Å². The zero-order valence-corrected chi connectivity index (χ0v) is 62.8. The van der Waals surface area contributed by atoms with E-state index in [1.54, 1.807) is 0 Å². The summed E-state index contributed by atoms with van der Waals surface area (Å²) in [4.78, 5) is 7.69. The number of phenolic OH excluding ortho intramolecular Hbond substituents is 2. The number of amides is 2. The van der Waals surface area contributed by atoms with Crippen LogP contribution in [-0.2, 0) is 60.7 Å². The van der Waals surface area contributed by atoms with Gasteiger partial charge in [-0.25, -0.2) is 55.3 Å². The van der Waals surface area contributed by atoms with Crippen molar-refractivity contribution in [1.29, 1.82) is 0 Å². The molecule has 0 spiro atoms. The molecular weight excluding hydrogens is 1350 g/mol. The first-order valence-electron chi connectivity index (χ1n) is 21.7. The zero-order valence-electron chi connectivity index (χ0n) is 45.9. The number of nitrogens with zero attached hydrogens (tertiary/aromatic N) is 8. The number of phenols is 2. The minimum Gasteiger partial charge on any atom is -0.744 e. The van der Waals surface area contributed by atoms with Gasteiger partial charge in [-0.2, -0.15) is 20.5 Å². The topological polar surface area (TPSA) is 524 Å². The second kappa shape index (κ2) is 32.2. The van der Waals surface area contributed by atoms with Gasteiger partial charge in [-0.1, -0.05) is 0 Å². The van der Waals surface area contributed by atoms with Crippen LogP contribution in [0.2, 0.25) is 0 Å². The molecule has 4 N–H and O–H groups in total. The van der Waals surface area contributed by atoms with Gasteiger partial charge >= 0.3 is 183 Å².